The van der Waals surface area contributed by atoms with Crippen LogP contribution >= 0.6 is 0 Å². The Hall–Kier alpha value is -3.72. The SMILES string of the molecule is CNC(=O)c1cc(NC(=O)c2ccc(NS(=O)(=O)c3cc(C)ccc3C)cc2)ccc1F. The smallest absolute Gasteiger partial charge is 0.262 e. The Morgan fingerprint density at radius 1 is 0.844 bits per heavy atom. The second-order valence-electron chi connectivity index (χ2n) is 7.18. The van der Waals surface area contributed by atoms with Crippen LogP contribution in [0.2, 0.25) is 0 Å². The number of amides is 2. The lowest BCUT2D eigenvalue weighted by Gasteiger charge is -2.12. The van der Waals surface area contributed by atoms with Crippen LogP contribution in [0.3, 0.4) is 0 Å². The van der Waals surface area contributed by atoms with Crippen LogP contribution in [0.5, 0.6) is 0 Å². The number of benzene rings is 3. The highest BCUT2D eigenvalue weighted by molar-refractivity contribution is 7.92. The number of nitrogens with one attached hydrogen (secondary N) is 3. The Morgan fingerprint density at radius 3 is 2.16 bits per heavy atom. The van der Waals surface area contributed by atoms with Gasteiger partial charge in [0.25, 0.3) is 21.8 Å². The Morgan fingerprint density at radius 2 is 1.50 bits per heavy atom. The second kappa shape index (κ2) is 9.19. The predicted molar refractivity (Wildman–Crippen MR) is 121 cm³/mol. The zero-order valence-corrected chi connectivity index (χ0v) is 18.5. The number of halogens is 1. The van der Waals surface area contributed by atoms with Crippen molar-refractivity contribution in [2.75, 3.05) is 17.1 Å². The first kappa shape index (κ1) is 23.0. The van der Waals surface area contributed by atoms with E-state index < -0.39 is 27.7 Å². The van der Waals surface area contributed by atoms with E-state index in [2.05, 4.69) is 15.4 Å². The lowest BCUT2D eigenvalue weighted by molar-refractivity contribution is 0.0957. The van der Waals surface area contributed by atoms with Gasteiger partial charge < -0.3 is 10.6 Å². The van der Waals surface area contributed by atoms with Crippen molar-refractivity contribution >= 4 is 33.2 Å². The molecule has 0 bridgehead atoms. The van der Waals surface area contributed by atoms with Crippen LogP contribution in [0.15, 0.2) is 65.6 Å². The fourth-order valence-electron chi connectivity index (χ4n) is 3.01. The molecule has 0 saturated heterocycles. The number of sulfonamides is 1. The van der Waals surface area contributed by atoms with Crippen molar-refractivity contribution in [1.82, 2.24) is 5.32 Å². The summed E-state index contributed by atoms with van der Waals surface area (Å²) in [6.45, 7) is 3.52. The predicted octanol–water partition coefficient (Wildman–Crippen LogP) is 3.86. The third-order valence-electron chi connectivity index (χ3n) is 4.73. The molecule has 3 N–H and O–H groups in total. The summed E-state index contributed by atoms with van der Waals surface area (Å²) >= 11 is 0. The molecule has 0 aliphatic carbocycles. The molecule has 7 nitrogen and oxygen atoms in total. The summed E-state index contributed by atoms with van der Waals surface area (Å²) in [4.78, 5) is 24.4. The summed E-state index contributed by atoms with van der Waals surface area (Å²) in [6, 6.07) is 14.7. The quantitative estimate of drug-likeness (QED) is 0.525. The lowest BCUT2D eigenvalue weighted by atomic mass is 10.1. The Labute approximate surface area is 185 Å². The third-order valence-corrected chi connectivity index (χ3v) is 6.25. The highest BCUT2D eigenvalue weighted by Gasteiger charge is 2.18. The molecule has 32 heavy (non-hydrogen) atoms. The molecule has 3 rings (SSSR count). The van der Waals surface area contributed by atoms with Gasteiger partial charge in [-0.05, 0) is 73.5 Å². The molecule has 9 heteroatoms. The normalized spacial score (nSPS) is 11.0. The molecule has 0 aliphatic heterocycles. The van der Waals surface area contributed by atoms with Crippen molar-refractivity contribution in [1.29, 1.82) is 0 Å². The average Bonchev–Trinajstić information content (AvgIpc) is 2.76. The topological polar surface area (TPSA) is 104 Å². The standard InChI is InChI=1S/C23H22FN3O4S/c1-14-4-5-15(2)21(12-14)32(30,31)27-17-8-6-16(7-9-17)22(28)26-18-10-11-20(24)19(13-18)23(29)25-3/h4-13,27H,1-3H3,(H,25,29)(H,26,28). The van der Waals surface area contributed by atoms with Gasteiger partial charge in [0, 0.05) is 24.0 Å². The van der Waals surface area contributed by atoms with Crippen LogP contribution in [-0.2, 0) is 10.0 Å². The highest BCUT2D eigenvalue weighted by Crippen LogP contribution is 2.21. The van der Waals surface area contributed by atoms with E-state index in [4.69, 9.17) is 0 Å². The van der Waals surface area contributed by atoms with E-state index in [1.807, 2.05) is 13.0 Å². The molecule has 0 saturated carbocycles. The van der Waals surface area contributed by atoms with Crippen LogP contribution in [0.25, 0.3) is 0 Å². The lowest BCUT2D eigenvalue weighted by Crippen LogP contribution is -2.20. The van der Waals surface area contributed by atoms with Crippen LogP contribution in [-0.4, -0.2) is 27.3 Å². The molecule has 0 unspecified atom stereocenters. The summed E-state index contributed by atoms with van der Waals surface area (Å²) in [7, 11) is -2.41. The van der Waals surface area contributed by atoms with E-state index in [1.54, 1.807) is 19.1 Å². The van der Waals surface area contributed by atoms with Crippen molar-refractivity contribution in [2.24, 2.45) is 0 Å². The first-order valence-corrected chi connectivity index (χ1v) is 11.1. The largest absolute Gasteiger partial charge is 0.355 e. The van der Waals surface area contributed by atoms with E-state index >= 15 is 0 Å². The van der Waals surface area contributed by atoms with Crippen molar-refractivity contribution < 1.29 is 22.4 Å². The fourth-order valence-corrected chi connectivity index (χ4v) is 4.40. The van der Waals surface area contributed by atoms with E-state index in [0.717, 1.165) is 11.6 Å². The maximum Gasteiger partial charge on any atom is 0.262 e. The van der Waals surface area contributed by atoms with Gasteiger partial charge in [-0.3, -0.25) is 14.3 Å². The van der Waals surface area contributed by atoms with Gasteiger partial charge >= 0.3 is 0 Å². The average molecular weight is 456 g/mol. The zero-order valence-electron chi connectivity index (χ0n) is 17.7. The van der Waals surface area contributed by atoms with Gasteiger partial charge in [-0.25, -0.2) is 12.8 Å². The number of anilines is 2. The van der Waals surface area contributed by atoms with Crippen molar-refractivity contribution in [2.45, 2.75) is 18.7 Å². The van der Waals surface area contributed by atoms with Crippen molar-refractivity contribution in [3.63, 3.8) is 0 Å². The highest BCUT2D eigenvalue weighted by atomic mass is 32.2. The monoisotopic (exact) mass is 455 g/mol. The summed E-state index contributed by atoms with van der Waals surface area (Å²) in [5.74, 6) is -1.81. The van der Waals surface area contributed by atoms with E-state index in [1.165, 1.54) is 43.4 Å². The van der Waals surface area contributed by atoms with E-state index in [-0.39, 0.29) is 21.7 Å². The molecule has 0 aliphatic rings. The summed E-state index contributed by atoms with van der Waals surface area (Å²) in [6.07, 6.45) is 0. The maximum absolute atomic E-state index is 13.8. The van der Waals surface area contributed by atoms with Crippen molar-refractivity contribution in [3.05, 3.63) is 88.7 Å². The van der Waals surface area contributed by atoms with E-state index in [0.29, 0.717) is 11.3 Å². The minimum Gasteiger partial charge on any atom is -0.355 e. The van der Waals surface area contributed by atoms with Crippen LogP contribution in [0.1, 0.15) is 31.8 Å². The van der Waals surface area contributed by atoms with Gasteiger partial charge in [0.15, 0.2) is 0 Å². The number of carbonyl (C=O) groups excluding carboxylic acids is 2. The Bertz CT molecular complexity index is 1290. The molecule has 3 aromatic rings. The molecular formula is C23H22FN3O4S. The minimum absolute atomic E-state index is 0.183. The third kappa shape index (κ3) is 5.12. The molecular weight excluding hydrogens is 433 g/mol. The first-order chi connectivity index (χ1) is 15.1. The number of hydrogen-bond donors (Lipinski definition) is 3. The maximum atomic E-state index is 13.8. The molecule has 3 aromatic carbocycles. The molecule has 0 heterocycles. The van der Waals surface area contributed by atoms with Gasteiger partial charge in [0.05, 0.1) is 10.5 Å². The summed E-state index contributed by atoms with van der Waals surface area (Å²) < 4.78 is 41.7. The minimum atomic E-state index is -3.79. The Kier molecular flexibility index (Phi) is 6.59. The van der Waals surface area contributed by atoms with Gasteiger partial charge in [-0.15, -0.1) is 0 Å². The van der Waals surface area contributed by atoms with Gasteiger partial charge in [0.1, 0.15) is 5.82 Å². The first-order valence-electron chi connectivity index (χ1n) is 9.64. The van der Waals surface area contributed by atoms with Crippen LogP contribution < -0.4 is 15.4 Å². The number of aryl methyl sites for hydroxylation is 2. The molecule has 166 valence electrons. The van der Waals surface area contributed by atoms with E-state index in [9.17, 15) is 22.4 Å². The number of carbonyl (C=O) groups is 2. The van der Waals surface area contributed by atoms with Crippen LogP contribution in [0, 0.1) is 19.7 Å². The van der Waals surface area contributed by atoms with Gasteiger partial charge in [0.2, 0.25) is 0 Å². The molecule has 0 radical (unpaired) electrons. The second-order valence-corrected chi connectivity index (χ2v) is 8.83. The number of rotatable bonds is 6. The van der Waals surface area contributed by atoms with Gasteiger partial charge in [-0.1, -0.05) is 12.1 Å². The van der Waals surface area contributed by atoms with Gasteiger partial charge in [-0.2, -0.15) is 0 Å². The zero-order chi connectivity index (χ0) is 23.5. The molecule has 2 amide bonds. The molecule has 0 fully saturated rings. The Balaban J connectivity index is 1.75. The van der Waals surface area contributed by atoms with Crippen molar-refractivity contribution in [3.8, 4) is 0 Å². The molecule has 0 spiro atoms. The fraction of sp³-hybridized carbons (Fsp3) is 0.130. The van der Waals surface area contributed by atoms with Crippen LogP contribution in [0.4, 0.5) is 15.8 Å². The summed E-state index contributed by atoms with van der Waals surface area (Å²) in [5, 5.41) is 4.92. The molecule has 0 atom stereocenters. The summed E-state index contributed by atoms with van der Waals surface area (Å²) in [5.41, 5.74) is 2.05. The number of hydrogen-bond acceptors (Lipinski definition) is 4. The molecule has 0 aromatic heterocycles.